The molecule has 0 unspecified atom stereocenters. The fraction of sp³-hybridized carbons (Fsp3) is 0.300. The van der Waals surface area contributed by atoms with E-state index in [1.54, 1.807) is 0 Å². The molecule has 0 atom stereocenters. The van der Waals surface area contributed by atoms with Crippen LogP contribution in [0.3, 0.4) is 0 Å². The number of hydrogen-bond donors (Lipinski definition) is 2. The topological polar surface area (TPSA) is 103 Å². The first kappa shape index (κ1) is 10.4. The number of primary amides is 1. The SMILES string of the molecule is NC(=O)c1nccc(C(=O)O)c1OC1CC1. The normalized spacial score (nSPS) is 14.5. The Hall–Kier alpha value is -2.11. The standard InChI is InChI=1S/C10H10N2O4/c11-9(13)7-8(16-5-1-2-5)6(10(14)15)3-4-12-7/h3-5H,1-2H2,(H2,11,13)(H,14,15). The smallest absolute Gasteiger partial charge is 0.339 e. The van der Waals surface area contributed by atoms with Crippen LogP contribution in [0.4, 0.5) is 0 Å². The first-order valence-corrected chi connectivity index (χ1v) is 4.78. The number of carboxylic acid groups (broad SMARTS) is 1. The van der Waals surface area contributed by atoms with Gasteiger partial charge in [0.2, 0.25) is 0 Å². The van der Waals surface area contributed by atoms with Gasteiger partial charge in [0.05, 0.1) is 6.10 Å². The zero-order chi connectivity index (χ0) is 11.7. The van der Waals surface area contributed by atoms with Gasteiger partial charge in [-0.3, -0.25) is 4.79 Å². The third-order valence-corrected chi connectivity index (χ3v) is 2.18. The van der Waals surface area contributed by atoms with Gasteiger partial charge in [-0.1, -0.05) is 0 Å². The van der Waals surface area contributed by atoms with Crippen LogP contribution in [0.5, 0.6) is 5.75 Å². The van der Waals surface area contributed by atoms with Crippen LogP contribution < -0.4 is 10.5 Å². The molecule has 0 aromatic carbocycles. The van der Waals surface area contributed by atoms with Crippen LogP contribution in [0, 0.1) is 0 Å². The van der Waals surface area contributed by atoms with Gasteiger partial charge in [0.15, 0.2) is 11.4 Å². The molecule has 16 heavy (non-hydrogen) atoms. The van der Waals surface area contributed by atoms with Crippen LogP contribution in [-0.2, 0) is 0 Å². The summed E-state index contributed by atoms with van der Waals surface area (Å²) in [6.45, 7) is 0. The molecule has 1 heterocycles. The van der Waals surface area contributed by atoms with Gasteiger partial charge >= 0.3 is 5.97 Å². The summed E-state index contributed by atoms with van der Waals surface area (Å²) >= 11 is 0. The lowest BCUT2D eigenvalue weighted by Crippen LogP contribution is -2.18. The minimum Gasteiger partial charge on any atom is -0.487 e. The number of carbonyl (C=O) groups excluding carboxylic acids is 1. The molecule has 0 aliphatic heterocycles. The van der Waals surface area contributed by atoms with Crippen molar-refractivity contribution in [2.45, 2.75) is 18.9 Å². The monoisotopic (exact) mass is 222 g/mol. The van der Waals surface area contributed by atoms with E-state index in [-0.39, 0.29) is 23.1 Å². The number of rotatable bonds is 4. The molecule has 2 rings (SSSR count). The van der Waals surface area contributed by atoms with Crippen molar-refractivity contribution in [3.8, 4) is 5.75 Å². The van der Waals surface area contributed by atoms with Crippen molar-refractivity contribution >= 4 is 11.9 Å². The van der Waals surface area contributed by atoms with Gasteiger partial charge in [0.1, 0.15) is 5.56 Å². The highest BCUT2D eigenvalue weighted by Crippen LogP contribution is 2.30. The highest BCUT2D eigenvalue weighted by Gasteiger charge is 2.29. The second kappa shape index (κ2) is 3.80. The van der Waals surface area contributed by atoms with Crippen molar-refractivity contribution in [2.75, 3.05) is 0 Å². The van der Waals surface area contributed by atoms with E-state index in [2.05, 4.69) is 4.98 Å². The van der Waals surface area contributed by atoms with Crippen LogP contribution in [0.1, 0.15) is 33.7 Å². The number of pyridine rings is 1. The molecule has 0 bridgehead atoms. The van der Waals surface area contributed by atoms with E-state index >= 15 is 0 Å². The summed E-state index contributed by atoms with van der Waals surface area (Å²) in [5, 5.41) is 8.95. The van der Waals surface area contributed by atoms with E-state index in [0.29, 0.717) is 0 Å². The summed E-state index contributed by atoms with van der Waals surface area (Å²) in [4.78, 5) is 25.8. The number of aromatic nitrogens is 1. The number of carbonyl (C=O) groups is 2. The fourth-order valence-corrected chi connectivity index (χ4v) is 1.26. The number of aromatic carboxylic acids is 1. The van der Waals surface area contributed by atoms with E-state index in [4.69, 9.17) is 15.6 Å². The molecule has 1 aliphatic carbocycles. The second-order valence-corrected chi connectivity index (χ2v) is 3.52. The molecule has 1 aromatic rings. The minimum absolute atomic E-state index is 0.0231. The Kier molecular flexibility index (Phi) is 2.47. The Morgan fingerprint density at radius 2 is 2.19 bits per heavy atom. The minimum atomic E-state index is -1.17. The van der Waals surface area contributed by atoms with Crippen LogP contribution in [0.25, 0.3) is 0 Å². The number of ether oxygens (including phenoxy) is 1. The predicted octanol–water partition coefficient (Wildman–Crippen LogP) is 0.420. The van der Waals surface area contributed by atoms with Gasteiger partial charge < -0.3 is 15.6 Å². The predicted molar refractivity (Wildman–Crippen MR) is 53.4 cm³/mol. The van der Waals surface area contributed by atoms with E-state index in [1.807, 2.05) is 0 Å². The van der Waals surface area contributed by atoms with Crippen molar-refractivity contribution in [2.24, 2.45) is 5.73 Å². The molecule has 1 aromatic heterocycles. The number of nitrogens with two attached hydrogens (primary N) is 1. The van der Waals surface area contributed by atoms with E-state index < -0.39 is 11.9 Å². The summed E-state index contributed by atoms with van der Waals surface area (Å²) in [5.41, 5.74) is 4.89. The maximum Gasteiger partial charge on any atom is 0.339 e. The Balaban J connectivity index is 2.47. The van der Waals surface area contributed by atoms with Crippen molar-refractivity contribution in [1.29, 1.82) is 0 Å². The summed E-state index contributed by atoms with van der Waals surface area (Å²) in [7, 11) is 0. The van der Waals surface area contributed by atoms with Crippen molar-refractivity contribution in [1.82, 2.24) is 4.98 Å². The van der Waals surface area contributed by atoms with Gasteiger partial charge in [0.25, 0.3) is 5.91 Å². The number of hydrogen-bond acceptors (Lipinski definition) is 4. The molecular formula is C10H10N2O4. The molecule has 1 amide bonds. The third-order valence-electron chi connectivity index (χ3n) is 2.18. The molecule has 0 saturated heterocycles. The third kappa shape index (κ3) is 1.95. The molecule has 0 spiro atoms. The van der Waals surface area contributed by atoms with Crippen LogP contribution in [0.15, 0.2) is 12.3 Å². The van der Waals surface area contributed by atoms with E-state index in [0.717, 1.165) is 12.8 Å². The van der Waals surface area contributed by atoms with Gasteiger partial charge in [-0.05, 0) is 18.9 Å². The number of nitrogens with zero attached hydrogens (tertiary/aromatic N) is 1. The van der Waals surface area contributed by atoms with Gasteiger partial charge in [-0.15, -0.1) is 0 Å². The quantitative estimate of drug-likeness (QED) is 0.768. The Morgan fingerprint density at radius 1 is 1.50 bits per heavy atom. The first-order chi connectivity index (χ1) is 7.59. The molecular weight excluding hydrogens is 212 g/mol. The van der Waals surface area contributed by atoms with Crippen LogP contribution >= 0.6 is 0 Å². The summed E-state index contributed by atoms with van der Waals surface area (Å²) in [6.07, 6.45) is 2.90. The van der Waals surface area contributed by atoms with E-state index in [9.17, 15) is 9.59 Å². The van der Waals surface area contributed by atoms with Crippen LogP contribution in [-0.4, -0.2) is 28.1 Å². The molecule has 0 radical (unpaired) electrons. The molecule has 3 N–H and O–H groups in total. The first-order valence-electron chi connectivity index (χ1n) is 4.78. The molecule has 1 fully saturated rings. The Morgan fingerprint density at radius 3 is 2.69 bits per heavy atom. The Labute approximate surface area is 91.0 Å². The largest absolute Gasteiger partial charge is 0.487 e. The average molecular weight is 222 g/mol. The highest BCUT2D eigenvalue weighted by molar-refractivity contribution is 5.99. The number of amides is 1. The van der Waals surface area contributed by atoms with Crippen LogP contribution in [0.2, 0.25) is 0 Å². The van der Waals surface area contributed by atoms with Crippen molar-refractivity contribution in [3.63, 3.8) is 0 Å². The van der Waals surface area contributed by atoms with Crippen molar-refractivity contribution < 1.29 is 19.4 Å². The molecule has 84 valence electrons. The summed E-state index contributed by atoms with van der Waals surface area (Å²) in [6, 6.07) is 1.28. The lowest BCUT2D eigenvalue weighted by atomic mass is 10.2. The molecule has 1 saturated carbocycles. The average Bonchev–Trinajstić information content (AvgIpc) is 3.01. The lowest BCUT2D eigenvalue weighted by molar-refractivity contribution is 0.0691. The summed E-state index contributed by atoms with van der Waals surface area (Å²) < 4.78 is 5.37. The zero-order valence-corrected chi connectivity index (χ0v) is 8.34. The van der Waals surface area contributed by atoms with Gasteiger partial charge in [0, 0.05) is 6.20 Å². The van der Waals surface area contributed by atoms with Crippen molar-refractivity contribution in [3.05, 3.63) is 23.5 Å². The maximum absolute atomic E-state index is 11.1. The number of carboxylic acids is 1. The highest BCUT2D eigenvalue weighted by atomic mass is 16.5. The molecule has 1 aliphatic rings. The summed E-state index contributed by atoms with van der Waals surface area (Å²) in [5.74, 6) is -1.98. The Bertz CT molecular complexity index is 422. The second-order valence-electron chi connectivity index (χ2n) is 3.52. The van der Waals surface area contributed by atoms with Gasteiger partial charge in [-0.25, -0.2) is 9.78 Å². The molecule has 6 nitrogen and oxygen atoms in total. The molecule has 6 heteroatoms. The van der Waals surface area contributed by atoms with E-state index in [1.165, 1.54) is 12.3 Å². The zero-order valence-electron chi connectivity index (χ0n) is 8.34. The lowest BCUT2D eigenvalue weighted by Gasteiger charge is -2.10. The fourth-order valence-electron chi connectivity index (χ4n) is 1.26. The maximum atomic E-state index is 11.1. The van der Waals surface area contributed by atoms with Gasteiger partial charge in [-0.2, -0.15) is 0 Å².